The summed E-state index contributed by atoms with van der Waals surface area (Å²) in [6.45, 7) is 6.55. The molecule has 100 valence electrons. The van der Waals surface area contributed by atoms with Crippen molar-refractivity contribution in [2.24, 2.45) is 0 Å². The number of methoxy groups -OCH3 is 1. The Balaban J connectivity index is 0.000000325. The molecule has 0 N–H and O–H groups in total. The number of aliphatic carboxylic acids is 1. The Kier molecular flexibility index (Phi) is 7.54. The topological polar surface area (TPSA) is 66.4 Å². The molecule has 0 spiro atoms. The molecule has 0 aromatic rings. The standard InChI is InChI=1S/C9H20N.C3H4O4/c1-3-4-7-10(2)8-5-6-9-10;1-7-3(6)2(4)5/h3-9H2,1-2H3;1H3,(H,4,5)/q+1;/p-1. The van der Waals surface area contributed by atoms with E-state index < -0.39 is 11.9 Å². The van der Waals surface area contributed by atoms with Gasteiger partial charge in [0.1, 0.15) is 0 Å². The zero-order valence-corrected chi connectivity index (χ0v) is 11.0. The van der Waals surface area contributed by atoms with E-state index in [1.165, 1.54) is 49.8 Å². The molecule has 1 aliphatic rings. The Morgan fingerprint density at radius 2 is 1.82 bits per heavy atom. The summed E-state index contributed by atoms with van der Waals surface area (Å²) in [4.78, 5) is 19.0. The lowest BCUT2D eigenvalue weighted by Crippen LogP contribution is -2.41. The van der Waals surface area contributed by atoms with Crippen LogP contribution in [0.4, 0.5) is 0 Å². The van der Waals surface area contributed by atoms with Crippen molar-refractivity contribution in [3.63, 3.8) is 0 Å². The number of carboxylic acid groups (broad SMARTS) is 1. The SMILES string of the molecule is CCCC[N+]1(C)CCCC1.COC(=O)C(=O)[O-]. The average Bonchev–Trinajstić information content (AvgIpc) is 2.73. The van der Waals surface area contributed by atoms with Crippen molar-refractivity contribution in [3.05, 3.63) is 0 Å². The van der Waals surface area contributed by atoms with Crippen LogP contribution in [-0.2, 0) is 14.3 Å². The molecule has 1 saturated heterocycles. The molecule has 0 aromatic heterocycles. The molecule has 1 heterocycles. The number of hydrogen-bond donors (Lipinski definition) is 0. The molecule has 0 aliphatic carbocycles. The van der Waals surface area contributed by atoms with Gasteiger partial charge >= 0.3 is 5.97 Å². The van der Waals surface area contributed by atoms with Crippen LogP contribution in [0.2, 0.25) is 0 Å². The smallest absolute Gasteiger partial charge is 0.353 e. The number of quaternary nitrogens is 1. The molecule has 17 heavy (non-hydrogen) atoms. The Morgan fingerprint density at radius 3 is 2.12 bits per heavy atom. The second-order valence-electron chi connectivity index (χ2n) is 4.63. The van der Waals surface area contributed by atoms with Crippen LogP contribution >= 0.6 is 0 Å². The molecule has 1 aliphatic heterocycles. The van der Waals surface area contributed by atoms with Crippen molar-refractivity contribution in [3.8, 4) is 0 Å². The van der Waals surface area contributed by atoms with Crippen LogP contribution in [0, 0.1) is 0 Å². The Labute approximate surface area is 103 Å². The van der Waals surface area contributed by atoms with E-state index in [1.807, 2.05) is 0 Å². The summed E-state index contributed by atoms with van der Waals surface area (Å²) in [6, 6.07) is 0. The van der Waals surface area contributed by atoms with E-state index in [0.717, 1.165) is 7.11 Å². The second-order valence-corrected chi connectivity index (χ2v) is 4.63. The van der Waals surface area contributed by atoms with Crippen LogP contribution in [0.15, 0.2) is 0 Å². The number of carboxylic acids is 1. The summed E-state index contributed by atoms with van der Waals surface area (Å²) >= 11 is 0. The minimum Gasteiger partial charge on any atom is -0.539 e. The van der Waals surface area contributed by atoms with Gasteiger partial charge in [-0.15, -0.1) is 0 Å². The second kappa shape index (κ2) is 8.06. The molecule has 0 aromatic carbocycles. The van der Waals surface area contributed by atoms with E-state index >= 15 is 0 Å². The number of esters is 1. The van der Waals surface area contributed by atoms with E-state index in [4.69, 9.17) is 0 Å². The summed E-state index contributed by atoms with van der Waals surface area (Å²) in [5, 5.41) is 9.34. The fraction of sp³-hybridized carbons (Fsp3) is 0.833. The molecule has 0 bridgehead atoms. The zero-order chi connectivity index (χ0) is 13.3. The van der Waals surface area contributed by atoms with Gasteiger partial charge in [-0.05, 0) is 6.42 Å². The first-order valence-electron chi connectivity index (χ1n) is 6.08. The molecule has 0 atom stereocenters. The van der Waals surface area contributed by atoms with Crippen molar-refractivity contribution < 1.29 is 23.9 Å². The normalized spacial score (nSPS) is 16.9. The number of nitrogens with zero attached hydrogens (tertiary/aromatic N) is 1. The summed E-state index contributed by atoms with van der Waals surface area (Å²) in [6.07, 6.45) is 5.69. The lowest BCUT2D eigenvalue weighted by Gasteiger charge is -2.28. The number of carbonyl (C=O) groups is 2. The van der Waals surface area contributed by atoms with Gasteiger partial charge in [0.2, 0.25) is 0 Å². The largest absolute Gasteiger partial charge is 0.539 e. The molecule has 5 nitrogen and oxygen atoms in total. The van der Waals surface area contributed by atoms with Crippen LogP contribution < -0.4 is 5.11 Å². The number of carbonyl (C=O) groups excluding carboxylic acids is 2. The van der Waals surface area contributed by atoms with Gasteiger partial charge in [0.05, 0.1) is 33.8 Å². The number of likely N-dealkylation sites (tertiary alicyclic amines) is 1. The van der Waals surface area contributed by atoms with Crippen LogP contribution in [0.1, 0.15) is 32.6 Å². The highest BCUT2D eigenvalue weighted by molar-refractivity contribution is 6.27. The predicted molar refractivity (Wildman–Crippen MR) is 62.0 cm³/mol. The van der Waals surface area contributed by atoms with Crippen molar-refractivity contribution >= 4 is 11.9 Å². The number of hydrogen-bond acceptors (Lipinski definition) is 4. The molecule has 0 radical (unpaired) electrons. The number of ether oxygens (including phenoxy) is 1. The monoisotopic (exact) mass is 245 g/mol. The van der Waals surface area contributed by atoms with Crippen molar-refractivity contribution in [1.29, 1.82) is 0 Å². The van der Waals surface area contributed by atoms with E-state index in [2.05, 4.69) is 18.7 Å². The molecular weight excluding hydrogens is 222 g/mol. The van der Waals surface area contributed by atoms with Crippen LogP contribution in [0.5, 0.6) is 0 Å². The van der Waals surface area contributed by atoms with Crippen LogP contribution in [-0.4, -0.2) is 50.2 Å². The molecule has 0 amide bonds. The molecule has 1 rings (SSSR count). The van der Waals surface area contributed by atoms with Gasteiger partial charge in [0, 0.05) is 12.8 Å². The van der Waals surface area contributed by atoms with Gasteiger partial charge in [0.15, 0.2) is 5.97 Å². The molecule has 1 fully saturated rings. The van der Waals surface area contributed by atoms with Crippen molar-refractivity contribution in [2.45, 2.75) is 32.6 Å². The highest BCUT2D eigenvalue weighted by Gasteiger charge is 2.25. The van der Waals surface area contributed by atoms with Gasteiger partial charge < -0.3 is 19.1 Å². The maximum Gasteiger partial charge on any atom is 0.353 e. The first-order chi connectivity index (χ1) is 7.95. The Bertz CT molecular complexity index is 247. The third kappa shape index (κ3) is 6.94. The van der Waals surface area contributed by atoms with Gasteiger partial charge in [-0.3, -0.25) is 0 Å². The van der Waals surface area contributed by atoms with Gasteiger partial charge in [0.25, 0.3) is 0 Å². The lowest BCUT2D eigenvalue weighted by atomic mass is 10.3. The minimum absolute atomic E-state index is 0.970. The predicted octanol–water partition coefficient (Wildman–Crippen LogP) is -0.0638. The summed E-state index contributed by atoms with van der Waals surface area (Å²) in [7, 11) is 3.38. The minimum atomic E-state index is -1.82. The quantitative estimate of drug-likeness (QED) is 0.397. The fourth-order valence-corrected chi connectivity index (χ4v) is 1.95. The molecular formula is C12H23NO4. The highest BCUT2D eigenvalue weighted by Crippen LogP contribution is 2.16. The molecule has 0 unspecified atom stereocenters. The Hall–Kier alpha value is -1.10. The molecule has 0 saturated carbocycles. The average molecular weight is 245 g/mol. The van der Waals surface area contributed by atoms with Crippen LogP contribution in [0.3, 0.4) is 0 Å². The summed E-state index contributed by atoms with van der Waals surface area (Å²) in [5.74, 6) is -3.16. The zero-order valence-electron chi connectivity index (χ0n) is 11.0. The number of rotatable bonds is 3. The lowest BCUT2D eigenvalue weighted by molar-refractivity contribution is -0.897. The fourth-order valence-electron chi connectivity index (χ4n) is 1.95. The Morgan fingerprint density at radius 1 is 1.29 bits per heavy atom. The van der Waals surface area contributed by atoms with Crippen molar-refractivity contribution in [1.82, 2.24) is 0 Å². The van der Waals surface area contributed by atoms with Crippen LogP contribution in [0.25, 0.3) is 0 Å². The van der Waals surface area contributed by atoms with E-state index in [1.54, 1.807) is 0 Å². The van der Waals surface area contributed by atoms with E-state index in [9.17, 15) is 14.7 Å². The first-order valence-corrected chi connectivity index (χ1v) is 6.08. The highest BCUT2D eigenvalue weighted by atomic mass is 16.5. The van der Waals surface area contributed by atoms with Gasteiger partial charge in [-0.1, -0.05) is 13.3 Å². The third-order valence-corrected chi connectivity index (χ3v) is 3.05. The van der Waals surface area contributed by atoms with Gasteiger partial charge in [-0.2, -0.15) is 0 Å². The maximum absolute atomic E-state index is 9.63. The number of unbranched alkanes of at least 4 members (excludes halogenated alkanes) is 1. The van der Waals surface area contributed by atoms with Crippen molar-refractivity contribution in [2.75, 3.05) is 33.8 Å². The maximum atomic E-state index is 9.63. The summed E-state index contributed by atoms with van der Waals surface area (Å²) in [5.41, 5.74) is 0. The first kappa shape index (κ1) is 15.9. The van der Waals surface area contributed by atoms with E-state index in [0.29, 0.717) is 0 Å². The van der Waals surface area contributed by atoms with E-state index in [-0.39, 0.29) is 0 Å². The molecule has 5 heteroatoms. The van der Waals surface area contributed by atoms with Gasteiger partial charge in [-0.25, -0.2) is 4.79 Å². The summed E-state index contributed by atoms with van der Waals surface area (Å²) < 4.78 is 5.07. The third-order valence-electron chi connectivity index (χ3n) is 3.05.